The summed E-state index contributed by atoms with van der Waals surface area (Å²) in [6.45, 7) is -0.0677. The third-order valence-corrected chi connectivity index (χ3v) is 1.78. The molecule has 18 heavy (non-hydrogen) atoms. The summed E-state index contributed by atoms with van der Waals surface area (Å²) in [6.07, 6.45) is -0.717. The summed E-state index contributed by atoms with van der Waals surface area (Å²) in [7, 11) is 0. The molecule has 0 spiro atoms. The molecule has 1 aromatic heterocycles. The van der Waals surface area contributed by atoms with Crippen molar-refractivity contribution in [1.29, 1.82) is 0 Å². The third-order valence-electron chi connectivity index (χ3n) is 1.78. The fraction of sp³-hybridized carbons (Fsp3) is 0.429. The molecule has 0 aliphatic rings. The lowest BCUT2D eigenvalue weighted by Gasteiger charge is -2.12. The summed E-state index contributed by atoms with van der Waals surface area (Å²) in [5.74, 6) is -2.57. The first-order valence-electron chi connectivity index (χ1n) is 4.70. The first kappa shape index (κ1) is 13.3. The van der Waals surface area contributed by atoms with Crippen LogP contribution in [-0.2, 0) is 16.1 Å². The van der Waals surface area contributed by atoms with Crippen LogP contribution in [0.15, 0.2) is 0 Å². The molecule has 0 aliphatic carbocycles. The maximum Gasteiger partial charge on any atom is 0.326 e. The SMILES string of the molecule is O=C(O)C[C@H](NC(=O)NCc1nn[nH]n1)C(=O)O. The lowest BCUT2D eigenvalue weighted by molar-refractivity contribution is -0.145. The lowest BCUT2D eigenvalue weighted by atomic mass is 10.2. The average molecular weight is 258 g/mol. The van der Waals surface area contributed by atoms with Gasteiger partial charge in [0.2, 0.25) is 0 Å². The zero-order valence-corrected chi connectivity index (χ0v) is 8.95. The van der Waals surface area contributed by atoms with Crippen molar-refractivity contribution in [3.8, 4) is 0 Å². The van der Waals surface area contributed by atoms with Gasteiger partial charge < -0.3 is 20.8 Å². The predicted octanol–water partition coefficient (Wildman–Crippen LogP) is -2.07. The number of carboxylic acid groups (broad SMARTS) is 2. The second-order valence-corrected chi connectivity index (χ2v) is 3.14. The van der Waals surface area contributed by atoms with Gasteiger partial charge in [-0.3, -0.25) is 4.79 Å². The molecule has 1 rings (SSSR count). The summed E-state index contributed by atoms with van der Waals surface area (Å²) in [5.41, 5.74) is 0. The second kappa shape index (κ2) is 6.12. The van der Waals surface area contributed by atoms with E-state index in [9.17, 15) is 14.4 Å². The molecule has 2 amide bonds. The quantitative estimate of drug-likeness (QED) is 0.387. The first-order valence-corrected chi connectivity index (χ1v) is 4.70. The number of aromatic nitrogens is 4. The normalized spacial score (nSPS) is 11.6. The number of nitrogens with one attached hydrogen (secondary N) is 3. The minimum atomic E-state index is -1.51. The van der Waals surface area contributed by atoms with E-state index in [1.807, 2.05) is 5.32 Å². The van der Waals surface area contributed by atoms with E-state index in [1.54, 1.807) is 0 Å². The molecule has 0 aliphatic heterocycles. The van der Waals surface area contributed by atoms with Crippen molar-refractivity contribution in [1.82, 2.24) is 31.3 Å². The number of hydrogen-bond acceptors (Lipinski definition) is 6. The van der Waals surface area contributed by atoms with Crippen LogP contribution in [0.1, 0.15) is 12.2 Å². The van der Waals surface area contributed by atoms with Crippen LogP contribution in [0, 0.1) is 0 Å². The van der Waals surface area contributed by atoms with Crippen LogP contribution in [0.5, 0.6) is 0 Å². The van der Waals surface area contributed by atoms with Gasteiger partial charge in [-0.05, 0) is 0 Å². The minimum Gasteiger partial charge on any atom is -0.481 e. The molecule has 5 N–H and O–H groups in total. The van der Waals surface area contributed by atoms with Crippen molar-refractivity contribution < 1.29 is 24.6 Å². The van der Waals surface area contributed by atoms with Crippen LogP contribution in [0.25, 0.3) is 0 Å². The highest BCUT2D eigenvalue weighted by Crippen LogP contribution is 1.93. The Morgan fingerprint density at radius 3 is 2.56 bits per heavy atom. The molecule has 0 fully saturated rings. The number of aliphatic carboxylic acids is 2. The van der Waals surface area contributed by atoms with E-state index in [4.69, 9.17) is 10.2 Å². The van der Waals surface area contributed by atoms with E-state index >= 15 is 0 Å². The summed E-state index contributed by atoms with van der Waals surface area (Å²) in [4.78, 5) is 32.3. The number of H-pyrrole nitrogens is 1. The molecule has 0 aromatic carbocycles. The van der Waals surface area contributed by atoms with E-state index in [-0.39, 0.29) is 12.4 Å². The Hall–Kier alpha value is -2.72. The standard InChI is InChI=1S/C7H10N6O5/c14-5(15)1-3(6(16)17)9-7(18)8-2-4-10-12-13-11-4/h3H,1-2H2,(H,14,15)(H,16,17)(H2,8,9,18)(H,10,11,12,13)/t3-/m0/s1. The van der Waals surface area contributed by atoms with Gasteiger partial charge in [-0.25, -0.2) is 9.59 Å². The van der Waals surface area contributed by atoms with E-state index in [1.165, 1.54) is 0 Å². The maximum atomic E-state index is 11.3. The van der Waals surface area contributed by atoms with Crippen LogP contribution in [-0.4, -0.2) is 54.8 Å². The molecule has 0 bridgehead atoms. The molecule has 11 heteroatoms. The number of hydrogen-bond donors (Lipinski definition) is 5. The molecule has 1 heterocycles. The van der Waals surface area contributed by atoms with Crippen LogP contribution >= 0.6 is 0 Å². The molecule has 0 saturated carbocycles. The van der Waals surface area contributed by atoms with Gasteiger partial charge in [0.15, 0.2) is 5.82 Å². The van der Waals surface area contributed by atoms with Crippen LogP contribution in [0.4, 0.5) is 4.79 Å². The number of nitrogens with zero attached hydrogens (tertiary/aromatic N) is 3. The van der Waals surface area contributed by atoms with E-state index in [2.05, 4.69) is 25.9 Å². The molecule has 1 atom stereocenters. The highest BCUT2D eigenvalue weighted by Gasteiger charge is 2.22. The number of rotatable bonds is 6. The molecule has 98 valence electrons. The van der Waals surface area contributed by atoms with Crippen LogP contribution in [0.2, 0.25) is 0 Å². The number of carboxylic acids is 2. The zero-order valence-electron chi connectivity index (χ0n) is 8.95. The molecular formula is C7H10N6O5. The van der Waals surface area contributed by atoms with Gasteiger partial charge >= 0.3 is 18.0 Å². The summed E-state index contributed by atoms with van der Waals surface area (Å²) < 4.78 is 0. The number of amides is 2. The highest BCUT2D eigenvalue weighted by atomic mass is 16.4. The highest BCUT2D eigenvalue weighted by molar-refractivity contribution is 5.86. The van der Waals surface area contributed by atoms with Crippen molar-refractivity contribution in [2.75, 3.05) is 0 Å². The van der Waals surface area contributed by atoms with Crippen LogP contribution in [0.3, 0.4) is 0 Å². The Kier molecular flexibility index (Phi) is 4.54. The Morgan fingerprint density at radius 2 is 2.06 bits per heavy atom. The maximum absolute atomic E-state index is 11.3. The summed E-state index contributed by atoms with van der Waals surface area (Å²) in [6, 6.07) is -2.35. The number of carbonyl (C=O) groups excluding carboxylic acids is 1. The zero-order chi connectivity index (χ0) is 13.5. The first-order chi connectivity index (χ1) is 8.49. The topological polar surface area (TPSA) is 170 Å². The van der Waals surface area contributed by atoms with Gasteiger partial charge in [0.05, 0.1) is 13.0 Å². The van der Waals surface area contributed by atoms with E-state index in [0.29, 0.717) is 0 Å². The molecule has 0 unspecified atom stereocenters. The van der Waals surface area contributed by atoms with Crippen molar-refractivity contribution in [2.45, 2.75) is 19.0 Å². The van der Waals surface area contributed by atoms with Gasteiger partial charge in [0.25, 0.3) is 0 Å². The predicted molar refractivity (Wildman–Crippen MR) is 53.2 cm³/mol. The lowest BCUT2D eigenvalue weighted by Crippen LogP contribution is -2.46. The number of aromatic amines is 1. The number of urea groups is 1. The average Bonchev–Trinajstić information content (AvgIpc) is 2.77. The van der Waals surface area contributed by atoms with E-state index in [0.717, 1.165) is 0 Å². The van der Waals surface area contributed by atoms with Crippen molar-refractivity contribution >= 4 is 18.0 Å². The Morgan fingerprint density at radius 1 is 1.33 bits per heavy atom. The fourth-order valence-electron chi connectivity index (χ4n) is 1.00. The Bertz CT molecular complexity index is 432. The fourth-order valence-corrected chi connectivity index (χ4v) is 1.00. The molecule has 11 nitrogen and oxygen atoms in total. The summed E-state index contributed by atoms with van der Waals surface area (Å²) >= 11 is 0. The van der Waals surface area contributed by atoms with E-state index < -0.39 is 30.4 Å². The molecule has 1 aromatic rings. The molecule has 0 saturated heterocycles. The van der Waals surface area contributed by atoms with Gasteiger partial charge in [-0.1, -0.05) is 5.21 Å². The molecule has 0 radical (unpaired) electrons. The number of carbonyl (C=O) groups is 3. The smallest absolute Gasteiger partial charge is 0.326 e. The minimum absolute atomic E-state index is 0.0677. The molecular weight excluding hydrogens is 248 g/mol. The Labute approximate surface area is 99.6 Å². The Balaban J connectivity index is 2.41. The van der Waals surface area contributed by atoms with Gasteiger partial charge in [-0.15, -0.1) is 10.2 Å². The van der Waals surface area contributed by atoms with Gasteiger partial charge in [0, 0.05) is 0 Å². The van der Waals surface area contributed by atoms with Gasteiger partial charge in [-0.2, -0.15) is 5.21 Å². The second-order valence-electron chi connectivity index (χ2n) is 3.14. The summed E-state index contributed by atoms with van der Waals surface area (Å²) in [5, 5.41) is 33.9. The third kappa shape index (κ3) is 4.42. The van der Waals surface area contributed by atoms with Gasteiger partial charge in [0.1, 0.15) is 6.04 Å². The number of tetrazole rings is 1. The van der Waals surface area contributed by atoms with Crippen molar-refractivity contribution in [3.63, 3.8) is 0 Å². The van der Waals surface area contributed by atoms with Crippen molar-refractivity contribution in [3.05, 3.63) is 5.82 Å². The monoisotopic (exact) mass is 258 g/mol. The largest absolute Gasteiger partial charge is 0.481 e. The van der Waals surface area contributed by atoms with Crippen LogP contribution < -0.4 is 10.6 Å². The van der Waals surface area contributed by atoms with Crippen molar-refractivity contribution in [2.24, 2.45) is 0 Å².